The van der Waals surface area contributed by atoms with Gasteiger partial charge in [0.05, 0.1) is 3.79 Å². The van der Waals surface area contributed by atoms with Crippen molar-refractivity contribution in [2.75, 3.05) is 11.9 Å². The number of rotatable bonds is 4. The summed E-state index contributed by atoms with van der Waals surface area (Å²) in [5, 5.41) is 3.50. The Balaban J connectivity index is 1.65. The molecule has 0 spiro atoms. The molecule has 0 bridgehead atoms. The van der Waals surface area contributed by atoms with Crippen LogP contribution in [0.5, 0.6) is 0 Å². The molecule has 0 amide bonds. The van der Waals surface area contributed by atoms with Crippen LogP contribution < -0.4 is 5.32 Å². The second-order valence-electron chi connectivity index (χ2n) is 5.09. The summed E-state index contributed by atoms with van der Waals surface area (Å²) in [5.74, 6) is 1.05. The Kier molecular flexibility index (Phi) is 4.68. The van der Waals surface area contributed by atoms with Gasteiger partial charge in [-0.15, -0.1) is 11.3 Å². The van der Waals surface area contributed by atoms with Gasteiger partial charge in [0.2, 0.25) is 0 Å². The van der Waals surface area contributed by atoms with Crippen molar-refractivity contribution in [3.05, 3.63) is 38.4 Å². The first-order valence-electron chi connectivity index (χ1n) is 7.14. The Labute approximate surface area is 132 Å². The highest BCUT2D eigenvalue weighted by Gasteiger charge is 2.13. The SMILES string of the molecule is Brc1ccc(CCNc2ncnc3c2CCCCC3)s1. The van der Waals surface area contributed by atoms with Gasteiger partial charge in [0.1, 0.15) is 12.1 Å². The van der Waals surface area contributed by atoms with Crippen molar-refractivity contribution in [3.8, 4) is 0 Å². The van der Waals surface area contributed by atoms with Gasteiger partial charge in [-0.25, -0.2) is 9.97 Å². The van der Waals surface area contributed by atoms with Gasteiger partial charge < -0.3 is 5.32 Å². The minimum Gasteiger partial charge on any atom is -0.369 e. The molecule has 0 atom stereocenters. The molecule has 2 aromatic heterocycles. The highest BCUT2D eigenvalue weighted by molar-refractivity contribution is 9.11. The number of hydrogen-bond donors (Lipinski definition) is 1. The monoisotopic (exact) mass is 351 g/mol. The van der Waals surface area contributed by atoms with Crippen LogP contribution in [0.2, 0.25) is 0 Å². The van der Waals surface area contributed by atoms with Crippen LogP contribution in [0.25, 0.3) is 0 Å². The van der Waals surface area contributed by atoms with E-state index in [9.17, 15) is 0 Å². The number of halogens is 1. The smallest absolute Gasteiger partial charge is 0.132 e. The lowest BCUT2D eigenvalue weighted by Crippen LogP contribution is -2.10. The third-order valence-electron chi connectivity index (χ3n) is 3.67. The lowest BCUT2D eigenvalue weighted by Gasteiger charge is -2.11. The molecule has 0 unspecified atom stereocenters. The normalized spacial score (nSPS) is 14.7. The molecule has 0 aromatic carbocycles. The summed E-state index contributed by atoms with van der Waals surface area (Å²) in [6.07, 6.45) is 8.77. The molecule has 0 fully saturated rings. The number of aryl methyl sites for hydroxylation is 1. The summed E-state index contributed by atoms with van der Waals surface area (Å²) >= 11 is 5.30. The van der Waals surface area contributed by atoms with Crippen molar-refractivity contribution in [3.63, 3.8) is 0 Å². The predicted molar refractivity (Wildman–Crippen MR) is 87.5 cm³/mol. The lowest BCUT2D eigenvalue weighted by atomic mass is 10.1. The lowest BCUT2D eigenvalue weighted by molar-refractivity contribution is 0.708. The highest BCUT2D eigenvalue weighted by Crippen LogP contribution is 2.25. The van der Waals surface area contributed by atoms with Crippen LogP contribution in [-0.2, 0) is 19.3 Å². The molecule has 5 heteroatoms. The molecule has 3 nitrogen and oxygen atoms in total. The van der Waals surface area contributed by atoms with Gasteiger partial charge >= 0.3 is 0 Å². The third-order valence-corrected chi connectivity index (χ3v) is 5.35. The predicted octanol–water partition coefficient (Wildman–Crippen LogP) is 4.22. The fourth-order valence-corrected chi connectivity index (χ4v) is 4.12. The molecule has 0 aliphatic heterocycles. The Morgan fingerprint density at radius 3 is 2.90 bits per heavy atom. The summed E-state index contributed by atoms with van der Waals surface area (Å²) in [4.78, 5) is 10.3. The van der Waals surface area contributed by atoms with E-state index in [1.165, 1.54) is 39.2 Å². The van der Waals surface area contributed by atoms with Crippen LogP contribution in [-0.4, -0.2) is 16.5 Å². The van der Waals surface area contributed by atoms with Crippen LogP contribution in [0.1, 0.15) is 35.4 Å². The zero-order valence-corrected chi connectivity index (χ0v) is 13.8. The van der Waals surface area contributed by atoms with Gasteiger partial charge in [0.25, 0.3) is 0 Å². The van der Waals surface area contributed by atoms with Crippen molar-refractivity contribution < 1.29 is 0 Å². The van der Waals surface area contributed by atoms with Crippen LogP contribution in [0.15, 0.2) is 22.2 Å². The topological polar surface area (TPSA) is 37.8 Å². The van der Waals surface area contributed by atoms with Crippen LogP contribution >= 0.6 is 27.3 Å². The Hall–Kier alpha value is -0.940. The van der Waals surface area contributed by atoms with E-state index in [0.717, 1.165) is 31.6 Å². The van der Waals surface area contributed by atoms with E-state index in [-0.39, 0.29) is 0 Å². The molecule has 20 heavy (non-hydrogen) atoms. The van der Waals surface area contributed by atoms with Crippen LogP contribution in [0.3, 0.4) is 0 Å². The zero-order valence-electron chi connectivity index (χ0n) is 11.4. The first kappa shape index (κ1) is 14.0. The van der Waals surface area contributed by atoms with E-state index >= 15 is 0 Å². The number of aromatic nitrogens is 2. The number of nitrogens with zero attached hydrogens (tertiary/aromatic N) is 2. The molecule has 0 saturated carbocycles. The van der Waals surface area contributed by atoms with Crippen molar-refractivity contribution >= 4 is 33.1 Å². The van der Waals surface area contributed by atoms with E-state index in [0.29, 0.717) is 0 Å². The summed E-state index contributed by atoms with van der Waals surface area (Å²) in [6, 6.07) is 4.29. The van der Waals surface area contributed by atoms with E-state index in [4.69, 9.17) is 0 Å². The van der Waals surface area contributed by atoms with Gasteiger partial charge in [0, 0.05) is 22.7 Å². The Bertz CT molecular complexity index is 582. The molecular weight excluding hydrogens is 334 g/mol. The molecule has 1 N–H and O–H groups in total. The average Bonchev–Trinajstić information content (AvgIpc) is 2.73. The van der Waals surface area contributed by atoms with Gasteiger partial charge in [-0.05, 0) is 60.2 Å². The molecular formula is C15H18BrN3S. The average molecular weight is 352 g/mol. The molecule has 1 aliphatic carbocycles. The number of fused-ring (bicyclic) bond motifs is 1. The van der Waals surface area contributed by atoms with Crippen molar-refractivity contribution in [1.29, 1.82) is 0 Å². The molecule has 3 rings (SSSR count). The Morgan fingerprint density at radius 1 is 1.15 bits per heavy atom. The quantitative estimate of drug-likeness (QED) is 0.837. The minimum atomic E-state index is 0.927. The van der Waals surface area contributed by atoms with E-state index < -0.39 is 0 Å². The van der Waals surface area contributed by atoms with Gasteiger partial charge in [0.15, 0.2) is 0 Å². The Morgan fingerprint density at radius 2 is 2.05 bits per heavy atom. The maximum absolute atomic E-state index is 4.45. The van der Waals surface area contributed by atoms with Gasteiger partial charge in [-0.2, -0.15) is 0 Å². The molecule has 106 valence electrons. The van der Waals surface area contributed by atoms with E-state index in [1.54, 1.807) is 17.7 Å². The third kappa shape index (κ3) is 3.38. The first-order valence-corrected chi connectivity index (χ1v) is 8.75. The summed E-state index contributed by atoms with van der Waals surface area (Å²) in [6.45, 7) is 0.927. The fourth-order valence-electron chi connectivity index (χ4n) is 2.64. The van der Waals surface area contributed by atoms with Crippen molar-refractivity contribution in [2.45, 2.75) is 38.5 Å². The molecule has 1 aliphatic rings. The minimum absolute atomic E-state index is 0.927. The zero-order chi connectivity index (χ0) is 13.8. The summed E-state index contributed by atoms with van der Waals surface area (Å²) in [5.41, 5.74) is 2.59. The molecule has 0 saturated heterocycles. The highest BCUT2D eigenvalue weighted by atomic mass is 79.9. The van der Waals surface area contributed by atoms with Crippen LogP contribution in [0, 0.1) is 0 Å². The van der Waals surface area contributed by atoms with E-state index in [1.807, 2.05) is 0 Å². The van der Waals surface area contributed by atoms with Crippen molar-refractivity contribution in [2.24, 2.45) is 0 Å². The maximum atomic E-state index is 4.45. The summed E-state index contributed by atoms with van der Waals surface area (Å²) in [7, 11) is 0. The molecule has 0 radical (unpaired) electrons. The molecule has 2 heterocycles. The largest absolute Gasteiger partial charge is 0.369 e. The summed E-state index contributed by atoms with van der Waals surface area (Å²) < 4.78 is 1.20. The van der Waals surface area contributed by atoms with Crippen molar-refractivity contribution in [1.82, 2.24) is 9.97 Å². The number of nitrogens with one attached hydrogen (secondary N) is 1. The number of hydrogen-bond acceptors (Lipinski definition) is 4. The first-order chi connectivity index (χ1) is 9.83. The van der Waals surface area contributed by atoms with Gasteiger partial charge in [-0.1, -0.05) is 6.42 Å². The molecule has 2 aromatic rings. The standard InChI is InChI=1S/C15H18BrN3S/c16-14-7-6-11(20-14)8-9-17-15-12-4-2-1-3-5-13(12)18-10-19-15/h6-7,10H,1-5,8-9H2,(H,17,18,19). The van der Waals surface area contributed by atoms with E-state index in [2.05, 4.69) is 43.3 Å². The number of thiophene rings is 1. The second kappa shape index (κ2) is 6.68. The second-order valence-corrected chi connectivity index (χ2v) is 7.64. The number of anilines is 1. The van der Waals surface area contributed by atoms with Crippen LogP contribution in [0.4, 0.5) is 5.82 Å². The maximum Gasteiger partial charge on any atom is 0.132 e. The van der Waals surface area contributed by atoms with Gasteiger partial charge in [-0.3, -0.25) is 0 Å². The fraction of sp³-hybridized carbons (Fsp3) is 0.467.